The van der Waals surface area contributed by atoms with Gasteiger partial charge < -0.3 is 9.32 Å². The number of nitrogens with zero attached hydrogens (tertiary/aromatic N) is 4. The van der Waals surface area contributed by atoms with E-state index in [1.807, 2.05) is 18.2 Å². The molecule has 0 atom stereocenters. The van der Waals surface area contributed by atoms with Crippen LogP contribution in [-0.4, -0.2) is 41.0 Å². The standard InChI is InChI=1S/C19H20N4O/c1-2-5-16(6-3-1)14-22-8-10-23(11-9-22)19-13-17(20-15-21-19)18-7-4-12-24-18/h1-7,12-13,15H,8-11,14H2. The van der Waals surface area contributed by atoms with Crippen LogP contribution in [0.2, 0.25) is 0 Å². The molecule has 3 aromatic rings. The fourth-order valence-corrected chi connectivity index (χ4v) is 3.06. The lowest BCUT2D eigenvalue weighted by molar-refractivity contribution is 0.249. The highest BCUT2D eigenvalue weighted by Gasteiger charge is 2.19. The van der Waals surface area contributed by atoms with Crippen LogP contribution in [0, 0.1) is 0 Å². The summed E-state index contributed by atoms with van der Waals surface area (Å²) < 4.78 is 5.43. The zero-order valence-electron chi connectivity index (χ0n) is 13.5. The summed E-state index contributed by atoms with van der Waals surface area (Å²) in [6, 6.07) is 16.4. The number of anilines is 1. The lowest BCUT2D eigenvalue weighted by Gasteiger charge is -2.35. The molecule has 24 heavy (non-hydrogen) atoms. The maximum atomic E-state index is 5.43. The molecule has 0 radical (unpaired) electrons. The van der Waals surface area contributed by atoms with E-state index >= 15 is 0 Å². The summed E-state index contributed by atoms with van der Waals surface area (Å²) in [4.78, 5) is 13.5. The van der Waals surface area contributed by atoms with Gasteiger partial charge in [0.2, 0.25) is 0 Å². The summed E-state index contributed by atoms with van der Waals surface area (Å²) in [5.41, 5.74) is 2.20. The number of benzene rings is 1. The first-order valence-electron chi connectivity index (χ1n) is 8.26. The van der Waals surface area contributed by atoms with Crippen molar-refractivity contribution in [3.63, 3.8) is 0 Å². The van der Waals surface area contributed by atoms with E-state index in [0.29, 0.717) is 0 Å². The number of hydrogen-bond donors (Lipinski definition) is 0. The number of piperazine rings is 1. The summed E-state index contributed by atoms with van der Waals surface area (Å²) in [6.07, 6.45) is 3.28. The third-order valence-corrected chi connectivity index (χ3v) is 4.37. The van der Waals surface area contributed by atoms with Gasteiger partial charge in [0.05, 0.1) is 6.26 Å². The molecule has 1 aliphatic heterocycles. The van der Waals surface area contributed by atoms with E-state index in [9.17, 15) is 0 Å². The van der Waals surface area contributed by atoms with E-state index in [0.717, 1.165) is 50.0 Å². The van der Waals surface area contributed by atoms with Gasteiger partial charge in [-0.05, 0) is 17.7 Å². The van der Waals surface area contributed by atoms with Crippen molar-refractivity contribution in [2.24, 2.45) is 0 Å². The maximum absolute atomic E-state index is 5.43. The van der Waals surface area contributed by atoms with E-state index in [1.165, 1.54) is 5.56 Å². The quantitative estimate of drug-likeness (QED) is 0.739. The van der Waals surface area contributed by atoms with Crippen LogP contribution in [0.25, 0.3) is 11.5 Å². The molecule has 3 heterocycles. The lowest BCUT2D eigenvalue weighted by atomic mass is 10.2. The second-order valence-corrected chi connectivity index (χ2v) is 5.99. The van der Waals surface area contributed by atoms with Gasteiger partial charge in [-0.25, -0.2) is 9.97 Å². The van der Waals surface area contributed by atoms with Crippen LogP contribution in [0.3, 0.4) is 0 Å². The van der Waals surface area contributed by atoms with Gasteiger partial charge in [0.25, 0.3) is 0 Å². The highest BCUT2D eigenvalue weighted by molar-refractivity contribution is 5.57. The van der Waals surface area contributed by atoms with Crippen LogP contribution in [0.1, 0.15) is 5.56 Å². The molecular weight excluding hydrogens is 300 g/mol. The normalized spacial score (nSPS) is 15.6. The first-order chi connectivity index (χ1) is 11.9. The number of rotatable bonds is 4. The largest absolute Gasteiger partial charge is 0.463 e. The first-order valence-corrected chi connectivity index (χ1v) is 8.26. The summed E-state index contributed by atoms with van der Waals surface area (Å²) in [6.45, 7) is 5.03. The molecule has 1 fully saturated rings. The van der Waals surface area contributed by atoms with Crippen molar-refractivity contribution in [3.05, 3.63) is 66.7 Å². The highest BCUT2D eigenvalue weighted by Crippen LogP contribution is 2.22. The maximum Gasteiger partial charge on any atom is 0.152 e. The molecular formula is C19H20N4O. The number of hydrogen-bond acceptors (Lipinski definition) is 5. The van der Waals surface area contributed by atoms with Crippen molar-refractivity contribution in [2.45, 2.75) is 6.54 Å². The Labute approximate surface area is 141 Å². The molecule has 0 unspecified atom stereocenters. The molecule has 0 bridgehead atoms. The van der Waals surface area contributed by atoms with Gasteiger partial charge in [-0.1, -0.05) is 30.3 Å². The van der Waals surface area contributed by atoms with Crippen molar-refractivity contribution in [2.75, 3.05) is 31.1 Å². The summed E-state index contributed by atoms with van der Waals surface area (Å²) >= 11 is 0. The van der Waals surface area contributed by atoms with E-state index in [4.69, 9.17) is 4.42 Å². The van der Waals surface area contributed by atoms with Crippen molar-refractivity contribution >= 4 is 5.82 Å². The minimum Gasteiger partial charge on any atom is -0.463 e. The van der Waals surface area contributed by atoms with Crippen LogP contribution in [0.15, 0.2) is 65.5 Å². The fourth-order valence-electron chi connectivity index (χ4n) is 3.06. The second-order valence-electron chi connectivity index (χ2n) is 5.99. The van der Waals surface area contributed by atoms with E-state index in [-0.39, 0.29) is 0 Å². The van der Waals surface area contributed by atoms with E-state index in [1.54, 1.807) is 12.6 Å². The fraction of sp³-hybridized carbons (Fsp3) is 0.263. The molecule has 4 rings (SSSR count). The van der Waals surface area contributed by atoms with Crippen LogP contribution in [0.5, 0.6) is 0 Å². The van der Waals surface area contributed by atoms with Crippen molar-refractivity contribution in [3.8, 4) is 11.5 Å². The van der Waals surface area contributed by atoms with Crippen molar-refractivity contribution < 1.29 is 4.42 Å². The van der Waals surface area contributed by atoms with E-state index < -0.39 is 0 Å². The zero-order chi connectivity index (χ0) is 16.2. The van der Waals surface area contributed by atoms with Gasteiger partial charge in [-0.3, -0.25) is 4.90 Å². The Kier molecular flexibility index (Phi) is 4.25. The Morgan fingerprint density at radius 2 is 1.75 bits per heavy atom. The Morgan fingerprint density at radius 1 is 0.917 bits per heavy atom. The van der Waals surface area contributed by atoms with Gasteiger partial charge in [0.15, 0.2) is 5.76 Å². The third-order valence-electron chi connectivity index (χ3n) is 4.37. The third kappa shape index (κ3) is 3.31. The Hall–Kier alpha value is -2.66. The monoisotopic (exact) mass is 320 g/mol. The van der Waals surface area contributed by atoms with Crippen LogP contribution >= 0.6 is 0 Å². The predicted molar refractivity (Wildman–Crippen MR) is 93.7 cm³/mol. The second kappa shape index (κ2) is 6.84. The van der Waals surface area contributed by atoms with Crippen LogP contribution < -0.4 is 4.90 Å². The molecule has 5 heteroatoms. The van der Waals surface area contributed by atoms with Gasteiger partial charge in [-0.15, -0.1) is 0 Å². The summed E-state index contributed by atoms with van der Waals surface area (Å²) in [5.74, 6) is 1.75. The molecule has 122 valence electrons. The smallest absolute Gasteiger partial charge is 0.152 e. The first kappa shape index (κ1) is 14.9. The molecule has 1 aliphatic rings. The molecule has 0 N–H and O–H groups in total. The van der Waals surface area contributed by atoms with Crippen molar-refractivity contribution in [1.29, 1.82) is 0 Å². The average Bonchev–Trinajstić information content (AvgIpc) is 3.18. The SMILES string of the molecule is c1ccc(CN2CCN(c3cc(-c4ccco4)ncn3)CC2)cc1. The number of aromatic nitrogens is 2. The molecule has 1 saturated heterocycles. The van der Waals surface area contributed by atoms with Crippen molar-refractivity contribution in [1.82, 2.24) is 14.9 Å². The highest BCUT2D eigenvalue weighted by atomic mass is 16.3. The lowest BCUT2D eigenvalue weighted by Crippen LogP contribution is -2.46. The summed E-state index contributed by atoms with van der Waals surface area (Å²) in [7, 11) is 0. The average molecular weight is 320 g/mol. The van der Waals surface area contributed by atoms with Crippen LogP contribution in [0.4, 0.5) is 5.82 Å². The van der Waals surface area contributed by atoms with Crippen LogP contribution in [-0.2, 0) is 6.54 Å². The molecule has 2 aromatic heterocycles. The Morgan fingerprint density at radius 3 is 2.50 bits per heavy atom. The predicted octanol–water partition coefficient (Wildman–Crippen LogP) is 3.06. The summed E-state index contributed by atoms with van der Waals surface area (Å²) in [5, 5.41) is 0. The zero-order valence-corrected chi connectivity index (χ0v) is 13.5. The van der Waals surface area contributed by atoms with Gasteiger partial charge in [0.1, 0.15) is 17.8 Å². The Bertz CT molecular complexity index is 765. The molecule has 0 aliphatic carbocycles. The molecule has 0 spiro atoms. The molecule has 1 aromatic carbocycles. The van der Waals surface area contributed by atoms with Gasteiger partial charge >= 0.3 is 0 Å². The van der Waals surface area contributed by atoms with Gasteiger partial charge in [0, 0.05) is 38.8 Å². The Balaban J connectivity index is 1.40. The van der Waals surface area contributed by atoms with Gasteiger partial charge in [-0.2, -0.15) is 0 Å². The molecule has 5 nitrogen and oxygen atoms in total. The molecule has 0 amide bonds. The molecule has 0 saturated carbocycles. The topological polar surface area (TPSA) is 45.4 Å². The minimum atomic E-state index is 0.779. The number of furan rings is 1. The van der Waals surface area contributed by atoms with E-state index in [2.05, 4.69) is 50.1 Å². The minimum absolute atomic E-state index is 0.779.